The van der Waals surface area contributed by atoms with Gasteiger partial charge in [0.1, 0.15) is 0 Å². The Morgan fingerprint density at radius 3 is 2.45 bits per heavy atom. The topological polar surface area (TPSA) is 64.3 Å². The van der Waals surface area contributed by atoms with Gasteiger partial charge >= 0.3 is 6.16 Å². The molecule has 3 aromatic rings. The number of halogens is 1. The number of aromatic nitrogens is 2. The van der Waals surface area contributed by atoms with E-state index in [0.717, 1.165) is 5.56 Å². The second-order valence-electron chi connectivity index (χ2n) is 4.47. The lowest BCUT2D eigenvalue weighted by Crippen LogP contribution is -2.04. The first-order valence-electron chi connectivity index (χ1n) is 6.46. The number of ether oxygens (including phenoxy) is 1. The van der Waals surface area contributed by atoms with Gasteiger partial charge < -0.3 is 9.84 Å². The Kier molecular flexibility index (Phi) is 3.80. The van der Waals surface area contributed by atoms with Crippen molar-refractivity contribution >= 4 is 17.8 Å². The van der Waals surface area contributed by atoms with Gasteiger partial charge in [0.05, 0.1) is 16.4 Å². The van der Waals surface area contributed by atoms with Gasteiger partial charge in [-0.05, 0) is 12.1 Å². The standard InChI is InChI=1S/C16H11ClN2O3/c17-12-8-4-5-9-13(12)19-14(11-6-2-1-3-7-11)10-15(18-19)22-16(20)21/h1-10H,(H,20,21). The first-order valence-corrected chi connectivity index (χ1v) is 6.84. The number of benzene rings is 2. The van der Waals surface area contributed by atoms with Gasteiger partial charge in [-0.2, -0.15) is 0 Å². The summed E-state index contributed by atoms with van der Waals surface area (Å²) in [4.78, 5) is 10.7. The smallest absolute Gasteiger partial charge is 0.449 e. The lowest BCUT2D eigenvalue weighted by Gasteiger charge is -2.08. The summed E-state index contributed by atoms with van der Waals surface area (Å²) in [7, 11) is 0. The van der Waals surface area contributed by atoms with Crippen LogP contribution >= 0.6 is 11.6 Å². The second-order valence-corrected chi connectivity index (χ2v) is 4.87. The summed E-state index contributed by atoms with van der Waals surface area (Å²) in [6, 6.07) is 18.2. The van der Waals surface area contributed by atoms with E-state index in [0.29, 0.717) is 16.4 Å². The Bertz CT molecular complexity index is 815. The maximum atomic E-state index is 10.7. The van der Waals surface area contributed by atoms with Crippen molar-refractivity contribution in [2.24, 2.45) is 0 Å². The van der Waals surface area contributed by atoms with Crippen LogP contribution in [0.4, 0.5) is 4.79 Å². The molecule has 0 amide bonds. The first kappa shape index (κ1) is 14.2. The van der Waals surface area contributed by atoms with Gasteiger partial charge in [-0.1, -0.05) is 54.1 Å². The van der Waals surface area contributed by atoms with Crippen LogP contribution in [0.1, 0.15) is 0 Å². The highest BCUT2D eigenvalue weighted by Crippen LogP contribution is 2.29. The molecule has 0 saturated heterocycles. The number of nitrogens with zero attached hydrogens (tertiary/aromatic N) is 2. The van der Waals surface area contributed by atoms with Gasteiger partial charge in [0.15, 0.2) is 0 Å². The van der Waals surface area contributed by atoms with Gasteiger partial charge in [-0.3, -0.25) is 0 Å². The molecule has 1 N–H and O–H groups in total. The van der Waals surface area contributed by atoms with Crippen LogP contribution in [-0.2, 0) is 0 Å². The number of hydrogen-bond acceptors (Lipinski definition) is 3. The summed E-state index contributed by atoms with van der Waals surface area (Å²) < 4.78 is 6.23. The molecular formula is C16H11ClN2O3. The predicted molar refractivity (Wildman–Crippen MR) is 82.7 cm³/mol. The van der Waals surface area contributed by atoms with Crippen molar-refractivity contribution in [3.63, 3.8) is 0 Å². The van der Waals surface area contributed by atoms with E-state index in [9.17, 15) is 4.79 Å². The predicted octanol–water partition coefficient (Wildman–Crippen LogP) is 4.25. The zero-order chi connectivity index (χ0) is 15.5. The minimum Gasteiger partial charge on any atom is -0.449 e. The Hall–Kier alpha value is -2.79. The molecule has 0 spiro atoms. The van der Waals surface area contributed by atoms with E-state index >= 15 is 0 Å². The zero-order valence-corrected chi connectivity index (χ0v) is 12.1. The number of para-hydroxylation sites is 1. The van der Waals surface area contributed by atoms with Crippen LogP contribution < -0.4 is 4.74 Å². The van der Waals surface area contributed by atoms with Crippen molar-refractivity contribution in [1.29, 1.82) is 0 Å². The monoisotopic (exact) mass is 314 g/mol. The van der Waals surface area contributed by atoms with E-state index in [-0.39, 0.29) is 5.88 Å². The van der Waals surface area contributed by atoms with E-state index in [2.05, 4.69) is 9.84 Å². The molecule has 110 valence electrons. The summed E-state index contributed by atoms with van der Waals surface area (Å²) in [6.07, 6.45) is -1.41. The molecule has 3 rings (SSSR count). The average molecular weight is 315 g/mol. The molecule has 22 heavy (non-hydrogen) atoms. The van der Waals surface area contributed by atoms with E-state index in [1.54, 1.807) is 22.9 Å². The van der Waals surface area contributed by atoms with Crippen molar-refractivity contribution in [2.75, 3.05) is 0 Å². The van der Waals surface area contributed by atoms with E-state index in [1.807, 2.05) is 42.5 Å². The van der Waals surface area contributed by atoms with Crippen molar-refractivity contribution < 1.29 is 14.6 Å². The van der Waals surface area contributed by atoms with E-state index in [4.69, 9.17) is 16.7 Å². The van der Waals surface area contributed by atoms with Gasteiger partial charge in [0, 0.05) is 11.6 Å². The molecule has 2 aromatic carbocycles. The minimum atomic E-state index is -1.41. The SMILES string of the molecule is O=C(O)Oc1cc(-c2ccccc2)n(-c2ccccc2Cl)n1. The summed E-state index contributed by atoms with van der Waals surface area (Å²) in [5.74, 6) is -0.00808. The van der Waals surface area contributed by atoms with E-state index < -0.39 is 6.16 Å². The first-order chi connectivity index (χ1) is 10.6. The van der Waals surface area contributed by atoms with Crippen molar-refractivity contribution in [3.05, 3.63) is 65.7 Å². The molecule has 0 fully saturated rings. The Morgan fingerprint density at radius 1 is 1.09 bits per heavy atom. The molecule has 1 aromatic heterocycles. The number of carbonyl (C=O) groups is 1. The van der Waals surface area contributed by atoms with Crippen molar-refractivity contribution in [2.45, 2.75) is 0 Å². The molecule has 6 heteroatoms. The molecule has 0 aliphatic carbocycles. The number of rotatable bonds is 3. The molecule has 0 bridgehead atoms. The maximum Gasteiger partial charge on any atom is 0.512 e. The van der Waals surface area contributed by atoms with Crippen LogP contribution in [0, 0.1) is 0 Å². The summed E-state index contributed by atoms with van der Waals surface area (Å²) in [5.41, 5.74) is 2.20. The van der Waals surface area contributed by atoms with Gasteiger partial charge in [-0.25, -0.2) is 9.48 Å². The van der Waals surface area contributed by atoms with Crippen LogP contribution in [0.3, 0.4) is 0 Å². The van der Waals surface area contributed by atoms with Crippen LogP contribution in [0.2, 0.25) is 5.02 Å². The largest absolute Gasteiger partial charge is 0.512 e. The second kappa shape index (κ2) is 5.91. The summed E-state index contributed by atoms with van der Waals surface area (Å²) in [5, 5.41) is 13.5. The molecule has 1 heterocycles. The summed E-state index contributed by atoms with van der Waals surface area (Å²) in [6.45, 7) is 0. The lowest BCUT2D eigenvalue weighted by atomic mass is 10.1. The van der Waals surface area contributed by atoms with Crippen LogP contribution in [0.5, 0.6) is 5.88 Å². The summed E-state index contributed by atoms with van der Waals surface area (Å²) >= 11 is 6.22. The molecule has 0 saturated carbocycles. The third-order valence-electron chi connectivity index (χ3n) is 3.03. The minimum absolute atomic E-state index is 0.00808. The number of carboxylic acid groups (broad SMARTS) is 1. The Morgan fingerprint density at radius 2 is 1.77 bits per heavy atom. The van der Waals surface area contributed by atoms with Crippen LogP contribution in [-0.4, -0.2) is 21.0 Å². The molecule has 0 atom stereocenters. The van der Waals surface area contributed by atoms with E-state index in [1.165, 1.54) is 0 Å². The van der Waals surface area contributed by atoms with Crippen LogP contribution in [0.15, 0.2) is 60.7 Å². The fourth-order valence-electron chi connectivity index (χ4n) is 2.12. The molecule has 0 unspecified atom stereocenters. The fourth-order valence-corrected chi connectivity index (χ4v) is 2.34. The Balaban J connectivity index is 2.17. The fraction of sp³-hybridized carbons (Fsp3) is 0. The van der Waals surface area contributed by atoms with Gasteiger partial charge in [0.2, 0.25) is 5.88 Å². The third kappa shape index (κ3) is 2.80. The maximum absolute atomic E-state index is 10.7. The molecule has 5 nitrogen and oxygen atoms in total. The molecule has 0 radical (unpaired) electrons. The van der Waals surface area contributed by atoms with Gasteiger partial charge in [0.25, 0.3) is 0 Å². The highest BCUT2D eigenvalue weighted by molar-refractivity contribution is 6.32. The van der Waals surface area contributed by atoms with Crippen LogP contribution in [0.25, 0.3) is 16.9 Å². The van der Waals surface area contributed by atoms with Crippen molar-refractivity contribution in [3.8, 4) is 22.8 Å². The molecule has 0 aliphatic heterocycles. The lowest BCUT2D eigenvalue weighted by molar-refractivity contribution is 0.142. The zero-order valence-electron chi connectivity index (χ0n) is 11.3. The van der Waals surface area contributed by atoms with Gasteiger partial charge in [-0.15, -0.1) is 5.10 Å². The highest BCUT2D eigenvalue weighted by atomic mass is 35.5. The molecular weight excluding hydrogens is 304 g/mol. The number of hydrogen-bond donors (Lipinski definition) is 1. The third-order valence-corrected chi connectivity index (χ3v) is 3.35. The highest BCUT2D eigenvalue weighted by Gasteiger charge is 2.16. The molecule has 0 aliphatic rings. The van der Waals surface area contributed by atoms with Crippen molar-refractivity contribution in [1.82, 2.24) is 9.78 Å². The quantitative estimate of drug-likeness (QED) is 0.734. The average Bonchev–Trinajstić information content (AvgIpc) is 2.91. The Labute approximate surface area is 131 Å². The normalized spacial score (nSPS) is 10.4.